The van der Waals surface area contributed by atoms with Crippen molar-refractivity contribution in [2.45, 2.75) is 0 Å². The van der Waals surface area contributed by atoms with Crippen molar-refractivity contribution in [2.75, 3.05) is 0 Å². The Morgan fingerprint density at radius 3 is 1.88 bits per heavy atom. The van der Waals surface area contributed by atoms with Crippen molar-refractivity contribution in [3.8, 4) is 51.4 Å². The lowest BCUT2D eigenvalue weighted by atomic mass is 10.1. The van der Waals surface area contributed by atoms with Crippen LogP contribution in [0, 0.1) is 56.7 Å². The van der Waals surface area contributed by atoms with Gasteiger partial charge in [0.05, 0.1) is 11.6 Å². The van der Waals surface area contributed by atoms with E-state index in [-0.39, 0.29) is 0 Å². The van der Waals surface area contributed by atoms with Crippen molar-refractivity contribution >= 4 is 22.6 Å². The molecule has 0 fully saturated rings. The largest absolute Gasteiger partial charge is 0.192 e. The lowest BCUT2D eigenvalue weighted by molar-refractivity contribution is 1.48. The summed E-state index contributed by atoms with van der Waals surface area (Å²) >= 11 is 1.91. The smallest absolute Gasteiger partial charge is 0.0991 e. The maximum Gasteiger partial charge on any atom is 0.0991 e. The summed E-state index contributed by atoms with van der Waals surface area (Å²) in [4.78, 5) is 0. The molecule has 2 heteroatoms. The first-order valence-corrected chi connectivity index (χ1v) is 5.56. The minimum absolute atomic E-state index is 0.616. The van der Waals surface area contributed by atoms with Gasteiger partial charge >= 0.3 is 0 Å². The van der Waals surface area contributed by atoms with Crippen LogP contribution in [0.5, 0.6) is 0 Å². The van der Waals surface area contributed by atoms with Gasteiger partial charge in [-0.05, 0) is 63.7 Å². The predicted octanol–water partition coefficient (Wildman–Crippen LogP) is 2.31. The van der Waals surface area contributed by atoms with Gasteiger partial charge in [0.25, 0.3) is 0 Å². The summed E-state index contributed by atoms with van der Waals surface area (Å²) < 4.78 is 2.61. The summed E-state index contributed by atoms with van der Waals surface area (Å²) in [5.74, 6) is 18.4. The summed E-state index contributed by atoms with van der Waals surface area (Å²) in [6.07, 6.45) is 0. The predicted molar refractivity (Wildman–Crippen MR) is 75.4 cm³/mol. The molecule has 0 aliphatic carbocycles. The average Bonchev–Trinajstić information content (AvgIpc) is 2.38. The molecule has 0 bridgehead atoms. The minimum Gasteiger partial charge on any atom is -0.192 e. The van der Waals surface area contributed by atoms with E-state index < -0.39 is 0 Å². The zero-order valence-electron chi connectivity index (χ0n) is 8.63. The number of nitriles is 1. The molecule has 0 spiro atoms. The summed E-state index contributed by atoms with van der Waals surface area (Å²) in [6.45, 7) is 0. The molecular weight excluding hydrogens is 321 g/mol. The van der Waals surface area contributed by atoms with Gasteiger partial charge in [0.1, 0.15) is 0 Å². The standard InChI is InChI=1S/C15H4IN/c16-12-6-4-2-1-3-5-7-14-8-10-15(13-17)11-9-14/h8-11H. The molecule has 0 unspecified atom stereocenters. The third kappa shape index (κ3) is 5.35. The molecule has 0 aliphatic heterocycles. The lowest BCUT2D eigenvalue weighted by Crippen LogP contribution is -1.75. The molecule has 0 radical (unpaired) electrons. The Morgan fingerprint density at radius 2 is 1.29 bits per heavy atom. The second-order valence-corrected chi connectivity index (χ2v) is 3.20. The Morgan fingerprint density at radius 1 is 0.765 bits per heavy atom. The monoisotopic (exact) mass is 325 g/mol. The van der Waals surface area contributed by atoms with E-state index in [2.05, 4.69) is 45.4 Å². The number of hydrogen-bond donors (Lipinski definition) is 0. The molecule has 0 heterocycles. The van der Waals surface area contributed by atoms with Gasteiger partial charge in [0, 0.05) is 28.2 Å². The van der Waals surface area contributed by atoms with Crippen LogP contribution in [0.1, 0.15) is 11.1 Å². The van der Waals surface area contributed by atoms with Crippen molar-refractivity contribution < 1.29 is 0 Å². The highest BCUT2D eigenvalue weighted by Crippen LogP contribution is 2.00. The first-order chi connectivity index (χ1) is 8.36. The first kappa shape index (κ1) is 12.7. The van der Waals surface area contributed by atoms with Crippen molar-refractivity contribution in [3.63, 3.8) is 0 Å². The van der Waals surface area contributed by atoms with Crippen molar-refractivity contribution in [1.29, 1.82) is 5.26 Å². The van der Waals surface area contributed by atoms with Crippen molar-refractivity contribution in [2.24, 2.45) is 0 Å². The van der Waals surface area contributed by atoms with Gasteiger partial charge in [0.2, 0.25) is 0 Å². The lowest BCUT2D eigenvalue weighted by Gasteiger charge is -1.88. The topological polar surface area (TPSA) is 23.8 Å². The van der Waals surface area contributed by atoms with E-state index >= 15 is 0 Å². The van der Waals surface area contributed by atoms with Gasteiger partial charge in [-0.25, -0.2) is 0 Å². The summed E-state index contributed by atoms with van der Waals surface area (Å²) in [7, 11) is 0. The van der Waals surface area contributed by atoms with Crippen LogP contribution in [-0.2, 0) is 0 Å². The fourth-order valence-corrected chi connectivity index (χ4v) is 1.01. The highest BCUT2D eigenvalue weighted by Gasteiger charge is 1.88. The van der Waals surface area contributed by atoms with Crippen molar-refractivity contribution in [1.82, 2.24) is 0 Å². The third-order valence-electron chi connectivity index (χ3n) is 1.58. The first-order valence-electron chi connectivity index (χ1n) is 4.48. The van der Waals surface area contributed by atoms with Gasteiger partial charge in [-0.2, -0.15) is 5.26 Å². The molecule has 0 saturated carbocycles. The highest BCUT2D eigenvalue weighted by atomic mass is 127. The van der Waals surface area contributed by atoms with E-state index in [1.54, 1.807) is 24.3 Å². The van der Waals surface area contributed by atoms with E-state index in [0.717, 1.165) is 5.56 Å². The van der Waals surface area contributed by atoms with Crippen LogP contribution in [0.15, 0.2) is 24.3 Å². The number of benzene rings is 1. The molecular formula is C15H4IN. The van der Waals surface area contributed by atoms with Crippen LogP contribution in [0.3, 0.4) is 0 Å². The van der Waals surface area contributed by atoms with Crippen LogP contribution in [0.25, 0.3) is 0 Å². The maximum absolute atomic E-state index is 8.61. The molecule has 0 atom stereocenters. The second-order valence-electron chi connectivity index (χ2n) is 2.66. The Bertz CT molecular complexity index is 675. The zero-order valence-corrected chi connectivity index (χ0v) is 10.8. The number of hydrogen-bond acceptors (Lipinski definition) is 1. The minimum atomic E-state index is 0.616. The molecule has 76 valence electrons. The second kappa shape index (κ2) is 7.91. The molecule has 0 aromatic heterocycles. The third-order valence-corrected chi connectivity index (χ3v) is 1.85. The van der Waals surface area contributed by atoms with Crippen molar-refractivity contribution in [3.05, 3.63) is 35.4 Å². The SMILES string of the molecule is N#Cc1ccc(C#CC#CC#CC#CI)cc1. The number of nitrogens with zero attached hydrogens (tertiary/aromatic N) is 1. The van der Waals surface area contributed by atoms with Crippen LogP contribution in [-0.4, -0.2) is 0 Å². The Labute approximate surface area is 114 Å². The van der Waals surface area contributed by atoms with Crippen LogP contribution in [0.2, 0.25) is 0 Å². The van der Waals surface area contributed by atoms with Gasteiger partial charge in [-0.15, -0.1) is 0 Å². The highest BCUT2D eigenvalue weighted by molar-refractivity contribution is 14.1. The quantitative estimate of drug-likeness (QED) is 0.530. The number of halogens is 1. The molecule has 17 heavy (non-hydrogen) atoms. The zero-order chi connectivity index (χ0) is 12.3. The van der Waals surface area contributed by atoms with Gasteiger partial charge in [0.15, 0.2) is 0 Å². The molecule has 1 nitrogen and oxygen atoms in total. The van der Waals surface area contributed by atoms with Crippen LogP contribution < -0.4 is 0 Å². The summed E-state index contributed by atoms with van der Waals surface area (Å²) in [6, 6.07) is 9.03. The van der Waals surface area contributed by atoms with Gasteiger partial charge in [-0.3, -0.25) is 0 Å². The molecule has 1 aromatic rings. The van der Waals surface area contributed by atoms with Crippen LogP contribution >= 0.6 is 22.6 Å². The van der Waals surface area contributed by atoms with E-state index in [1.165, 1.54) is 0 Å². The fraction of sp³-hybridized carbons (Fsp3) is 0. The Balaban J connectivity index is 2.69. The average molecular weight is 325 g/mol. The molecule has 0 saturated heterocycles. The molecule has 1 aromatic carbocycles. The van der Waals surface area contributed by atoms with Gasteiger partial charge in [-0.1, -0.05) is 5.92 Å². The molecule has 0 N–H and O–H groups in total. The molecule has 0 aliphatic rings. The summed E-state index contributed by atoms with van der Waals surface area (Å²) in [5, 5.41) is 8.61. The van der Waals surface area contributed by atoms with E-state index in [1.807, 2.05) is 28.7 Å². The fourth-order valence-electron chi connectivity index (χ4n) is 0.880. The molecule has 1 rings (SSSR count). The van der Waals surface area contributed by atoms with E-state index in [4.69, 9.17) is 5.26 Å². The Kier molecular flexibility index (Phi) is 5.93. The molecule has 0 amide bonds. The normalized spacial score (nSPS) is 6.35. The summed E-state index contributed by atoms with van der Waals surface area (Å²) in [5.41, 5.74) is 1.43. The van der Waals surface area contributed by atoms with Crippen LogP contribution in [0.4, 0.5) is 0 Å². The van der Waals surface area contributed by atoms with E-state index in [0.29, 0.717) is 5.56 Å². The number of rotatable bonds is 0. The van der Waals surface area contributed by atoms with E-state index in [9.17, 15) is 0 Å². The Hall–Kier alpha value is -2.32. The van der Waals surface area contributed by atoms with Gasteiger partial charge < -0.3 is 0 Å². The maximum atomic E-state index is 8.61.